The van der Waals surface area contributed by atoms with Crippen LogP contribution in [0, 0.1) is 0 Å². The van der Waals surface area contributed by atoms with Crippen LogP contribution in [0.15, 0.2) is 58.8 Å². The number of amides is 1. The summed E-state index contributed by atoms with van der Waals surface area (Å²) in [5, 5.41) is 3.16. The number of thioether (sulfide) groups is 1. The Morgan fingerprint density at radius 2 is 1.84 bits per heavy atom. The summed E-state index contributed by atoms with van der Waals surface area (Å²) in [6.45, 7) is 6.16. The minimum Gasteiger partial charge on any atom is -0.497 e. The molecule has 0 radical (unpaired) electrons. The summed E-state index contributed by atoms with van der Waals surface area (Å²) in [5.74, 6) is 1.96. The summed E-state index contributed by atoms with van der Waals surface area (Å²) in [5.41, 5.74) is 3.02. The summed E-state index contributed by atoms with van der Waals surface area (Å²) in [6, 6.07) is 15.9. The molecule has 1 aromatic heterocycles. The highest BCUT2D eigenvalue weighted by molar-refractivity contribution is 7.99. The molecule has 0 saturated carbocycles. The third-order valence-corrected chi connectivity index (χ3v) is 7.25. The standard InChI is InChI=1S/C24H27N3O2S2/c1-3-30-22-7-5-4-6-21(22)24(28)27-14-12-26(13-15-27)16-19-17-31-23(25-19)18-8-10-20(29-2)11-9-18/h4-11,17H,3,12-16H2,1-2H3. The van der Waals surface area contributed by atoms with E-state index in [-0.39, 0.29) is 5.91 Å². The molecule has 0 bridgehead atoms. The molecule has 1 saturated heterocycles. The lowest BCUT2D eigenvalue weighted by Gasteiger charge is -2.34. The van der Waals surface area contributed by atoms with Crippen LogP contribution >= 0.6 is 23.1 Å². The smallest absolute Gasteiger partial charge is 0.255 e. The van der Waals surface area contributed by atoms with Crippen LogP contribution < -0.4 is 4.74 Å². The second-order valence-corrected chi connectivity index (χ2v) is 9.53. The Morgan fingerprint density at radius 1 is 1.10 bits per heavy atom. The zero-order valence-corrected chi connectivity index (χ0v) is 19.5. The molecule has 3 aromatic rings. The lowest BCUT2D eigenvalue weighted by atomic mass is 10.1. The van der Waals surface area contributed by atoms with Gasteiger partial charge in [0.2, 0.25) is 0 Å². The molecule has 2 heterocycles. The van der Waals surface area contributed by atoms with Crippen molar-refractivity contribution in [2.24, 2.45) is 0 Å². The van der Waals surface area contributed by atoms with Crippen molar-refractivity contribution < 1.29 is 9.53 Å². The van der Waals surface area contributed by atoms with Gasteiger partial charge in [0.1, 0.15) is 10.8 Å². The number of hydrogen-bond donors (Lipinski definition) is 0. The SMILES string of the molecule is CCSc1ccccc1C(=O)N1CCN(Cc2csc(-c3ccc(OC)cc3)n2)CC1. The summed E-state index contributed by atoms with van der Waals surface area (Å²) in [6.07, 6.45) is 0. The fourth-order valence-electron chi connectivity index (χ4n) is 3.68. The lowest BCUT2D eigenvalue weighted by Crippen LogP contribution is -2.48. The van der Waals surface area contributed by atoms with Crippen molar-refractivity contribution >= 4 is 29.0 Å². The quantitative estimate of drug-likeness (QED) is 0.477. The number of ether oxygens (including phenoxy) is 1. The number of nitrogens with zero attached hydrogens (tertiary/aromatic N) is 3. The molecule has 0 unspecified atom stereocenters. The van der Waals surface area contributed by atoms with E-state index >= 15 is 0 Å². The van der Waals surface area contributed by atoms with Crippen molar-refractivity contribution in [1.29, 1.82) is 0 Å². The molecule has 31 heavy (non-hydrogen) atoms. The number of benzene rings is 2. The van der Waals surface area contributed by atoms with E-state index in [2.05, 4.69) is 17.2 Å². The first kappa shape index (κ1) is 21.9. The number of rotatable bonds is 7. The Morgan fingerprint density at radius 3 is 2.55 bits per heavy atom. The first-order valence-electron chi connectivity index (χ1n) is 10.5. The fourth-order valence-corrected chi connectivity index (χ4v) is 5.29. The molecule has 1 aliphatic heterocycles. The van der Waals surface area contributed by atoms with Crippen molar-refractivity contribution in [3.05, 3.63) is 65.2 Å². The van der Waals surface area contributed by atoms with Gasteiger partial charge in [-0.05, 0) is 42.2 Å². The number of carbonyl (C=O) groups is 1. The molecular formula is C24H27N3O2S2. The van der Waals surface area contributed by atoms with Gasteiger partial charge < -0.3 is 9.64 Å². The molecule has 1 amide bonds. The first-order valence-corrected chi connectivity index (χ1v) is 12.4. The molecule has 0 N–H and O–H groups in total. The second-order valence-electron chi connectivity index (χ2n) is 7.37. The maximum atomic E-state index is 13.0. The van der Waals surface area contributed by atoms with Crippen molar-refractivity contribution in [3.8, 4) is 16.3 Å². The Hall–Kier alpha value is -2.35. The molecule has 0 atom stereocenters. The number of carbonyl (C=O) groups excluding carboxylic acids is 1. The average molecular weight is 454 g/mol. The maximum absolute atomic E-state index is 13.0. The third-order valence-electron chi connectivity index (χ3n) is 5.35. The van der Waals surface area contributed by atoms with E-state index in [4.69, 9.17) is 9.72 Å². The predicted octanol–water partition coefficient (Wildman–Crippen LogP) is 4.89. The van der Waals surface area contributed by atoms with E-state index in [9.17, 15) is 4.79 Å². The zero-order chi connectivity index (χ0) is 21.6. The van der Waals surface area contributed by atoms with Crippen LogP contribution in [0.25, 0.3) is 10.6 Å². The third kappa shape index (κ3) is 5.29. The molecule has 0 aliphatic carbocycles. The van der Waals surface area contributed by atoms with Crippen LogP contribution in [0.3, 0.4) is 0 Å². The maximum Gasteiger partial charge on any atom is 0.255 e. The van der Waals surface area contributed by atoms with Gasteiger partial charge in [-0.1, -0.05) is 19.1 Å². The van der Waals surface area contributed by atoms with Gasteiger partial charge >= 0.3 is 0 Å². The van der Waals surface area contributed by atoms with Gasteiger partial charge in [-0.15, -0.1) is 23.1 Å². The van der Waals surface area contributed by atoms with Crippen LogP contribution in [0.2, 0.25) is 0 Å². The topological polar surface area (TPSA) is 45.7 Å². The normalized spacial score (nSPS) is 14.6. The van der Waals surface area contributed by atoms with Crippen LogP contribution in [-0.2, 0) is 6.54 Å². The van der Waals surface area contributed by atoms with Crippen molar-refractivity contribution in [2.75, 3.05) is 39.0 Å². The summed E-state index contributed by atoms with van der Waals surface area (Å²) in [7, 11) is 1.67. The zero-order valence-electron chi connectivity index (χ0n) is 17.9. The van der Waals surface area contributed by atoms with E-state index in [0.717, 1.165) is 71.0 Å². The minimum absolute atomic E-state index is 0.145. The van der Waals surface area contributed by atoms with Gasteiger partial charge in [0.05, 0.1) is 18.4 Å². The van der Waals surface area contributed by atoms with E-state index in [0.29, 0.717) is 0 Å². The van der Waals surface area contributed by atoms with Gasteiger partial charge in [-0.25, -0.2) is 4.98 Å². The molecule has 5 nitrogen and oxygen atoms in total. The molecule has 1 fully saturated rings. The monoisotopic (exact) mass is 453 g/mol. The Labute approximate surface area is 192 Å². The van der Waals surface area contributed by atoms with E-state index in [1.54, 1.807) is 30.2 Å². The highest BCUT2D eigenvalue weighted by atomic mass is 32.2. The summed E-state index contributed by atoms with van der Waals surface area (Å²) < 4.78 is 5.23. The largest absolute Gasteiger partial charge is 0.497 e. The number of piperazine rings is 1. The fraction of sp³-hybridized carbons (Fsp3) is 0.333. The number of hydrogen-bond acceptors (Lipinski definition) is 6. The molecule has 7 heteroatoms. The highest BCUT2D eigenvalue weighted by Crippen LogP contribution is 2.27. The number of thiazole rings is 1. The predicted molar refractivity (Wildman–Crippen MR) is 128 cm³/mol. The number of methoxy groups -OCH3 is 1. The first-order chi connectivity index (χ1) is 15.2. The van der Waals surface area contributed by atoms with Crippen molar-refractivity contribution in [3.63, 3.8) is 0 Å². The molecule has 2 aromatic carbocycles. The van der Waals surface area contributed by atoms with Crippen LogP contribution in [0.4, 0.5) is 0 Å². The Balaban J connectivity index is 1.33. The van der Waals surface area contributed by atoms with E-state index < -0.39 is 0 Å². The van der Waals surface area contributed by atoms with Gasteiger partial charge in [-0.2, -0.15) is 0 Å². The Kier molecular flexibility index (Phi) is 7.27. The second kappa shape index (κ2) is 10.3. The average Bonchev–Trinajstić information content (AvgIpc) is 3.28. The van der Waals surface area contributed by atoms with Crippen LogP contribution in [-0.4, -0.2) is 59.7 Å². The minimum atomic E-state index is 0.145. The number of aromatic nitrogens is 1. The van der Waals surface area contributed by atoms with Crippen LogP contribution in [0.5, 0.6) is 5.75 Å². The molecule has 162 valence electrons. The van der Waals surface area contributed by atoms with Crippen LogP contribution in [0.1, 0.15) is 23.0 Å². The van der Waals surface area contributed by atoms with Crippen molar-refractivity contribution in [2.45, 2.75) is 18.4 Å². The van der Waals surface area contributed by atoms with E-state index in [1.165, 1.54) is 0 Å². The summed E-state index contributed by atoms with van der Waals surface area (Å²) >= 11 is 3.40. The Bertz CT molecular complexity index is 1010. The lowest BCUT2D eigenvalue weighted by molar-refractivity contribution is 0.0624. The molecule has 0 spiro atoms. The summed E-state index contributed by atoms with van der Waals surface area (Å²) in [4.78, 5) is 23.3. The molecule has 4 rings (SSSR count). The molecule has 1 aliphatic rings. The van der Waals surface area contributed by atoms with Gasteiger partial charge in [-0.3, -0.25) is 9.69 Å². The van der Waals surface area contributed by atoms with Gasteiger partial charge in [0.25, 0.3) is 5.91 Å². The van der Waals surface area contributed by atoms with Crippen molar-refractivity contribution in [1.82, 2.24) is 14.8 Å². The van der Waals surface area contributed by atoms with Gasteiger partial charge in [0, 0.05) is 48.6 Å². The highest BCUT2D eigenvalue weighted by Gasteiger charge is 2.24. The van der Waals surface area contributed by atoms with E-state index in [1.807, 2.05) is 53.4 Å². The molecular weight excluding hydrogens is 426 g/mol. The van der Waals surface area contributed by atoms with Gasteiger partial charge in [0.15, 0.2) is 0 Å².